The number of benzene rings is 1. The summed E-state index contributed by atoms with van der Waals surface area (Å²) in [6.45, 7) is 4.34. The summed E-state index contributed by atoms with van der Waals surface area (Å²) in [5.41, 5.74) is 0.266. The highest BCUT2D eigenvalue weighted by molar-refractivity contribution is 7.90. The predicted octanol–water partition coefficient (Wildman–Crippen LogP) is 3.90. The number of carbonyl (C=O) groups excluding carboxylic acids is 1. The molecule has 3 unspecified atom stereocenters. The first-order chi connectivity index (χ1) is 11.6. The number of hydrogen-bond donors (Lipinski definition) is 0. The van der Waals surface area contributed by atoms with Crippen molar-refractivity contribution in [3.63, 3.8) is 0 Å². The summed E-state index contributed by atoms with van der Waals surface area (Å²) in [7, 11) is -3.59. The van der Waals surface area contributed by atoms with Crippen LogP contribution in [0.25, 0.3) is 0 Å². The normalized spacial score (nSPS) is 34.3. The summed E-state index contributed by atoms with van der Waals surface area (Å²) >= 11 is 12.1. The maximum atomic E-state index is 12.9. The molecule has 1 aromatic rings. The van der Waals surface area contributed by atoms with E-state index in [-0.39, 0.29) is 35.0 Å². The van der Waals surface area contributed by atoms with Gasteiger partial charge in [-0.1, -0.05) is 43.1 Å². The molecule has 0 aromatic heterocycles. The fourth-order valence-corrected chi connectivity index (χ4v) is 8.55. The molecule has 2 aliphatic carbocycles. The fourth-order valence-electron chi connectivity index (χ4n) is 5.52. The third-order valence-corrected chi connectivity index (χ3v) is 9.54. The van der Waals surface area contributed by atoms with E-state index >= 15 is 0 Å². The Labute approximate surface area is 158 Å². The minimum atomic E-state index is -3.59. The van der Waals surface area contributed by atoms with Gasteiger partial charge in [0.2, 0.25) is 15.9 Å². The molecule has 1 aliphatic heterocycles. The Hall–Kier alpha value is -0.780. The van der Waals surface area contributed by atoms with E-state index in [1.165, 1.54) is 4.31 Å². The van der Waals surface area contributed by atoms with Gasteiger partial charge >= 0.3 is 0 Å². The Bertz CT molecular complexity index is 867. The smallest absolute Gasteiger partial charge is 0.240 e. The van der Waals surface area contributed by atoms with Crippen LogP contribution in [0.3, 0.4) is 0 Å². The van der Waals surface area contributed by atoms with Gasteiger partial charge in [0.15, 0.2) is 0 Å². The molecule has 1 heterocycles. The largest absolute Gasteiger partial charge is 0.273 e. The van der Waals surface area contributed by atoms with Crippen molar-refractivity contribution in [2.45, 2.75) is 45.6 Å². The second-order valence-corrected chi connectivity index (χ2v) is 10.9. The molecule has 136 valence electrons. The molecule has 3 atom stereocenters. The predicted molar refractivity (Wildman–Crippen MR) is 98.1 cm³/mol. The number of amides is 1. The van der Waals surface area contributed by atoms with E-state index in [4.69, 9.17) is 23.2 Å². The van der Waals surface area contributed by atoms with Gasteiger partial charge in [-0.05, 0) is 48.3 Å². The summed E-state index contributed by atoms with van der Waals surface area (Å²) in [5, 5.41) is 0.879. The van der Waals surface area contributed by atoms with Gasteiger partial charge < -0.3 is 0 Å². The molecule has 4 nitrogen and oxygen atoms in total. The van der Waals surface area contributed by atoms with Gasteiger partial charge in [0.1, 0.15) is 0 Å². The number of fused-ring (bicyclic) bond motifs is 1. The Morgan fingerprint density at radius 3 is 2.68 bits per heavy atom. The number of nitrogens with zero attached hydrogens (tertiary/aromatic N) is 1. The van der Waals surface area contributed by atoms with Crippen molar-refractivity contribution < 1.29 is 13.2 Å². The van der Waals surface area contributed by atoms with Gasteiger partial charge in [0, 0.05) is 15.5 Å². The van der Waals surface area contributed by atoms with E-state index in [1.54, 1.807) is 18.2 Å². The second-order valence-electron chi connectivity index (χ2n) is 8.22. The maximum Gasteiger partial charge on any atom is 0.240 e. The number of rotatable bonds is 2. The molecule has 2 bridgehead atoms. The van der Waals surface area contributed by atoms with Crippen LogP contribution in [0.5, 0.6) is 0 Å². The van der Waals surface area contributed by atoms with Crippen molar-refractivity contribution in [2.24, 2.45) is 16.7 Å². The second kappa shape index (κ2) is 5.37. The van der Waals surface area contributed by atoms with Crippen LogP contribution in [0.15, 0.2) is 18.2 Å². The number of halogens is 2. The van der Waals surface area contributed by atoms with E-state index < -0.39 is 10.0 Å². The summed E-state index contributed by atoms with van der Waals surface area (Å²) in [6, 6.07) is 4.72. The highest BCUT2D eigenvalue weighted by Gasteiger charge is 2.72. The summed E-state index contributed by atoms with van der Waals surface area (Å²) in [5.74, 6) is 0.200. The summed E-state index contributed by atoms with van der Waals surface area (Å²) < 4.78 is 26.9. The molecule has 0 radical (unpaired) electrons. The lowest BCUT2D eigenvalue weighted by Crippen LogP contribution is -2.44. The van der Waals surface area contributed by atoms with E-state index in [1.807, 2.05) is 0 Å². The number of carbonyl (C=O) groups is 1. The van der Waals surface area contributed by atoms with E-state index in [0.29, 0.717) is 21.5 Å². The van der Waals surface area contributed by atoms with Crippen molar-refractivity contribution in [1.29, 1.82) is 0 Å². The van der Waals surface area contributed by atoms with Crippen LogP contribution in [0.2, 0.25) is 10.0 Å². The van der Waals surface area contributed by atoms with Crippen LogP contribution in [0.1, 0.15) is 38.7 Å². The van der Waals surface area contributed by atoms with Crippen LogP contribution < -0.4 is 0 Å². The highest BCUT2D eigenvalue weighted by atomic mass is 35.5. The van der Waals surface area contributed by atoms with Crippen molar-refractivity contribution >= 4 is 39.1 Å². The van der Waals surface area contributed by atoms with Crippen LogP contribution in [0, 0.1) is 16.7 Å². The number of hydrogen-bond acceptors (Lipinski definition) is 3. The van der Waals surface area contributed by atoms with Gasteiger partial charge in [0.05, 0.1) is 18.2 Å². The molecule has 3 fully saturated rings. The Kier molecular flexibility index (Phi) is 3.78. The highest BCUT2D eigenvalue weighted by Crippen LogP contribution is 2.70. The van der Waals surface area contributed by atoms with Crippen LogP contribution >= 0.6 is 23.2 Å². The molecule has 1 saturated heterocycles. The van der Waals surface area contributed by atoms with Crippen LogP contribution in [0.4, 0.5) is 0 Å². The standard InChI is InChI=1S/C18H21Cl2NO3S/c1-17(2)12-5-6-18(17)10-25(23,24)21(15(18)8-12)16(22)7-11-3-4-13(19)9-14(11)20/h3-4,9,12,15H,5-8,10H2,1-2H3. The first-order valence-corrected chi connectivity index (χ1v) is 10.9. The molecular formula is C18H21Cl2NO3S. The fraction of sp³-hybridized carbons (Fsp3) is 0.611. The molecule has 3 aliphatic rings. The topological polar surface area (TPSA) is 54.5 Å². The monoisotopic (exact) mass is 401 g/mol. The molecule has 1 spiro atoms. The van der Waals surface area contributed by atoms with Crippen LogP contribution in [-0.4, -0.2) is 30.4 Å². The minimum absolute atomic E-state index is 0.0209. The molecule has 1 aromatic carbocycles. The van der Waals surface area contributed by atoms with Gasteiger partial charge in [-0.3, -0.25) is 4.79 Å². The molecular weight excluding hydrogens is 381 g/mol. The minimum Gasteiger partial charge on any atom is -0.273 e. The van der Waals surface area contributed by atoms with E-state index in [0.717, 1.165) is 19.3 Å². The molecule has 25 heavy (non-hydrogen) atoms. The summed E-state index contributed by atoms with van der Waals surface area (Å²) in [4.78, 5) is 12.9. The Morgan fingerprint density at radius 2 is 2.04 bits per heavy atom. The lowest BCUT2D eigenvalue weighted by atomic mass is 9.69. The average molecular weight is 402 g/mol. The average Bonchev–Trinajstić information content (AvgIpc) is 2.97. The zero-order valence-corrected chi connectivity index (χ0v) is 16.6. The molecule has 7 heteroatoms. The van der Waals surface area contributed by atoms with Crippen molar-refractivity contribution in [1.82, 2.24) is 4.31 Å². The molecule has 1 amide bonds. The summed E-state index contributed by atoms with van der Waals surface area (Å²) in [6.07, 6.45) is 2.71. The first-order valence-electron chi connectivity index (χ1n) is 8.57. The lowest BCUT2D eigenvalue weighted by molar-refractivity contribution is -0.128. The zero-order chi connectivity index (χ0) is 18.2. The van der Waals surface area contributed by atoms with Crippen LogP contribution in [-0.2, 0) is 21.2 Å². The maximum absolute atomic E-state index is 12.9. The molecule has 2 saturated carbocycles. The number of sulfonamides is 1. The van der Waals surface area contributed by atoms with Crippen molar-refractivity contribution in [3.05, 3.63) is 33.8 Å². The first kappa shape index (κ1) is 17.6. The van der Waals surface area contributed by atoms with Gasteiger partial charge in [0.25, 0.3) is 0 Å². The zero-order valence-electron chi connectivity index (χ0n) is 14.3. The lowest BCUT2D eigenvalue weighted by Gasteiger charge is -2.37. The Morgan fingerprint density at radius 1 is 1.32 bits per heavy atom. The van der Waals surface area contributed by atoms with E-state index in [9.17, 15) is 13.2 Å². The van der Waals surface area contributed by atoms with Crippen molar-refractivity contribution in [3.8, 4) is 0 Å². The quantitative estimate of drug-likeness (QED) is 0.754. The molecule has 4 rings (SSSR count). The SMILES string of the molecule is CC1(C)C2CCC13CS(=O)(=O)N(C(=O)Cc1ccc(Cl)cc1Cl)C3C2. The molecule has 0 N–H and O–H groups in total. The van der Waals surface area contributed by atoms with Gasteiger partial charge in [-0.15, -0.1) is 0 Å². The third-order valence-electron chi connectivity index (χ3n) is 7.01. The third kappa shape index (κ3) is 2.31. The Balaban J connectivity index is 1.67. The van der Waals surface area contributed by atoms with Crippen molar-refractivity contribution in [2.75, 3.05) is 5.75 Å². The van der Waals surface area contributed by atoms with Gasteiger partial charge in [-0.2, -0.15) is 0 Å². The van der Waals surface area contributed by atoms with Gasteiger partial charge in [-0.25, -0.2) is 12.7 Å². The van der Waals surface area contributed by atoms with E-state index in [2.05, 4.69) is 13.8 Å².